The van der Waals surface area contributed by atoms with Crippen LogP contribution < -0.4 is 0 Å². The average Bonchev–Trinajstić information content (AvgIpc) is 3.45. The van der Waals surface area contributed by atoms with Crippen molar-refractivity contribution in [3.63, 3.8) is 0 Å². The van der Waals surface area contributed by atoms with Crippen LogP contribution in [-0.2, 0) is 4.74 Å². The molecule has 0 unspecified atom stereocenters. The first-order valence-electron chi connectivity index (χ1n) is 9.47. The zero-order chi connectivity index (χ0) is 20.1. The zero-order valence-electron chi connectivity index (χ0n) is 16.1. The van der Waals surface area contributed by atoms with Gasteiger partial charge in [0.1, 0.15) is 0 Å². The highest BCUT2D eigenvalue weighted by Gasteiger charge is 2.30. The van der Waals surface area contributed by atoms with Crippen LogP contribution >= 0.6 is 0 Å². The van der Waals surface area contributed by atoms with Crippen LogP contribution in [0.5, 0.6) is 0 Å². The molecule has 1 aliphatic carbocycles. The molecule has 0 saturated heterocycles. The zero-order valence-corrected chi connectivity index (χ0v) is 16.1. The summed E-state index contributed by atoms with van der Waals surface area (Å²) in [5, 5.41) is 4.45. The third-order valence-corrected chi connectivity index (χ3v) is 4.56. The Morgan fingerprint density at radius 2 is 1.86 bits per heavy atom. The molecule has 0 spiro atoms. The quantitative estimate of drug-likeness (QED) is 0.492. The van der Waals surface area contributed by atoms with E-state index in [4.69, 9.17) is 4.74 Å². The van der Waals surface area contributed by atoms with Crippen LogP contribution in [0.2, 0.25) is 0 Å². The standard InChI is InChI=1S/C22H25N3O3/c1-4-13-24(14-5-2)21(26)17-9-11-18(12-10-17)25-20(16-7-8-16)15-19(23-25)22(27)28-6-3/h4-5,9-12,15-16H,1-2,6-8,13-14H2,3H3. The number of ether oxygens (including phenoxy) is 1. The predicted molar refractivity (Wildman–Crippen MR) is 108 cm³/mol. The lowest BCUT2D eigenvalue weighted by Gasteiger charge is -2.19. The molecule has 0 bridgehead atoms. The molecule has 1 fully saturated rings. The summed E-state index contributed by atoms with van der Waals surface area (Å²) in [6, 6.07) is 9.06. The Balaban J connectivity index is 1.87. The van der Waals surface area contributed by atoms with Crippen molar-refractivity contribution in [1.82, 2.24) is 14.7 Å². The van der Waals surface area contributed by atoms with Gasteiger partial charge in [-0.05, 0) is 50.1 Å². The molecule has 1 heterocycles. The van der Waals surface area contributed by atoms with Gasteiger partial charge >= 0.3 is 5.97 Å². The van der Waals surface area contributed by atoms with Gasteiger partial charge in [-0.2, -0.15) is 5.10 Å². The van der Waals surface area contributed by atoms with Crippen LogP contribution in [-0.4, -0.2) is 46.3 Å². The molecule has 1 aromatic heterocycles. The molecule has 146 valence electrons. The fourth-order valence-corrected chi connectivity index (χ4v) is 3.06. The summed E-state index contributed by atoms with van der Waals surface area (Å²) in [5.74, 6) is -0.0893. The molecule has 0 atom stereocenters. The average molecular weight is 379 g/mol. The molecule has 1 aliphatic rings. The van der Waals surface area contributed by atoms with Crippen molar-refractivity contribution in [3.05, 3.63) is 72.6 Å². The first kappa shape index (κ1) is 19.6. The lowest BCUT2D eigenvalue weighted by Crippen LogP contribution is -2.31. The van der Waals surface area contributed by atoms with Crippen LogP contribution in [0.4, 0.5) is 0 Å². The summed E-state index contributed by atoms with van der Waals surface area (Å²) in [5.41, 5.74) is 2.71. The number of carbonyl (C=O) groups is 2. The first-order valence-corrected chi connectivity index (χ1v) is 9.47. The largest absolute Gasteiger partial charge is 0.461 e. The highest BCUT2D eigenvalue weighted by Crippen LogP contribution is 2.41. The molecule has 3 rings (SSSR count). The van der Waals surface area contributed by atoms with Crippen LogP contribution in [0.3, 0.4) is 0 Å². The van der Waals surface area contributed by atoms with E-state index in [9.17, 15) is 9.59 Å². The van der Waals surface area contributed by atoms with Crippen LogP contribution in [0, 0.1) is 0 Å². The smallest absolute Gasteiger partial charge is 0.358 e. The second-order valence-electron chi connectivity index (χ2n) is 6.70. The molecule has 0 aliphatic heterocycles. The van der Waals surface area contributed by atoms with Crippen molar-refractivity contribution in [2.24, 2.45) is 0 Å². The van der Waals surface area contributed by atoms with Gasteiger partial charge in [0, 0.05) is 30.3 Å². The van der Waals surface area contributed by atoms with E-state index >= 15 is 0 Å². The van der Waals surface area contributed by atoms with Gasteiger partial charge in [-0.3, -0.25) is 4.79 Å². The van der Waals surface area contributed by atoms with Crippen molar-refractivity contribution in [3.8, 4) is 5.69 Å². The monoisotopic (exact) mass is 379 g/mol. The number of carbonyl (C=O) groups excluding carboxylic acids is 2. The van der Waals surface area contributed by atoms with Crippen molar-refractivity contribution in [1.29, 1.82) is 0 Å². The fourth-order valence-electron chi connectivity index (χ4n) is 3.06. The van der Waals surface area contributed by atoms with Gasteiger partial charge in [0.05, 0.1) is 12.3 Å². The number of amides is 1. The predicted octanol–water partition coefficient (Wildman–Crippen LogP) is 3.74. The van der Waals surface area contributed by atoms with Crippen molar-refractivity contribution >= 4 is 11.9 Å². The SMILES string of the molecule is C=CCN(CC=C)C(=O)c1ccc(-n2nc(C(=O)OCC)cc2C2CC2)cc1. The lowest BCUT2D eigenvalue weighted by atomic mass is 10.1. The van der Waals surface area contributed by atoms with Gasteiger partial charge in [-0.1, -0.05) is 12.2 Å². The topological polar surface area (TPSA) is 64.4 Å². The normalized spacial score (nSPS) is 13.0. The number of benzene rings is 1. The number of aromatic nitrogens is 2. The fraction of sp³-hybridized carbons (Fsp3) is 0.318. The van der Waals surface area contributed by atoms with E-state index in [1.165, 1.54) is 0 Å². The third-order valence-electron chi connectivity index (χ3n) is 4.56. The number of hydrogen-bond donors (Lipinski definition) is 0. The van der Waals surface area contributed by atoms with Gasteiger partial charge < -0.3 is 9.64 Å². The van der Waals surface area contributed by atoms with Crippen LogP contribution in [0.25, 0.3) is 5.69 Å². The molecule has 6 heteroatoms. The number of rotatable bonds is 9. The number of nitrogens with zero attached hydrogens (tertiary/aromatic N) is 3. The van der Waals surface area contributed by atoms with Gasteiger partial charge in [-0.25, -0.2) is 9.48 Å². The molecule has 28 heavy (non-hydrogen) atoms. The Morgan fingerprint density at radius 3 is 2.39 bits per heavy atom. The molecule has 1 aromatic carbocycles. The van der Waals surface area contributed by atoms with Gasteiger partial charge in [0.15, 0.2) is 5.69 Å². The third kappa shape index (κ3) is 4.22. The minimum absolute atomic E-state index is 0.0820. The van der Waals surface area contributed by atoms with Crippen molar-refractivity contribution in [2.75, 3.05) is 19.7 Å². The molecule has 1 saturated carbocycles. The van der Waals surface area contributed by atoms with E-state index in [1.54, 1.807) is 40.8 Å². The summed E-state index contributed by atoms with van der Waals surface area (Å²) in [4.78, 5) is 26.4. The number of hydrogen-bond acceptors (Lipinski definition) is 4. The highest BCUT2D eigenvalue weighted by atomic mass is 16.5. The summed E-state index contributed by atoms with van der Waals surface area (Å²) in [6.07, 6.45) is 5.56. The summed E-state index contributed by atoms with van der Waals surface area (Å²) in [7, 11) is 0. The molecule has 1 amide bonds. The van der Waals surface area contributed by atoms with Crippen LogP contribution in [0.1, 0.15) is 52.2 Å². The summed E-state index contributed by atoms with van der Waals surface area (Å²) < 4.78 is 6.86. The van der Waals surface area contributed by atoms with E-state index in [2.05, 4.69) is 18.3 Å². The van der Waals surface area contributed by atoms with E-state index in [1.807, 2.05) is 18.2 Å². The summed E-state index contributed by atoms with van der Waals surface area (Å²) in [6.45, 7) is 10.4. The van der Waals surface area contributed by atoms with E-state index in [-0.39, 0.29) is 5.91 Å². The second kappa shape index (κ2) is 8.69. The molecular weight excluding hydrogens is 354 g/mol. The summed E-state index contributed by atoms with van der Waals surface area (Å²) >= 11 is 0. The molecular formula is C22H25N3O3. The molecule has 6 nitrogen and oxygen atoms in total. The molecule has 0 radical (unpaired) electrons. The van der Waals surface area contributed by atoms with Crippen LogP contribution in [0.15, 0.2) is 55.6 Å². The minimum atomic E-state index is -0.417. The Kier molecular flexibility index (Phi) is 6.09. The molecule has 2 aromatic rings. The van der Waals surface area contributed by atoms with Crippen molar-refractivity contribution in [2.45, 2.75) is 25.7 Å². The maximum Gasteiger partial charge on any atom is 0.358 e. The van der Waals surface area contributed by atoms with E-state index < -0.39 is 5.97 Å². The Labute approximate surface area is 165 Å². The lowest BCUT2D eigenvalue weighted by molar-refractivity contribution is 0.0518. The Hall–Kier alpha value is -3.15. The minimum Gasteiger partial charge on any atom is -0.461 e. The Bertz CT molecular complexity index is 869. The number of esters is 1. The van der Waals surface area contributed by atoms with E-state index in [0.717, 1.165) is 24.2 Å². The van der Waals surface area contributed by atoms with Gasteiger partial charge in [0.2, 0.25) is 0 Å². The maximum absolute atomic E-state index is 12.7. The maximum atomic E-state index is 12.7. The first-order chi connectivity index (χ1) is 13.6. The van der Waals surface area contributed by atoms with Crippen molar-refractivity contribution < 1.29 is 14.3 Å². The highest BCUT2D eigenvalue weighted by molar-refractivity contribution is 5.94. The van der Waals surface area contributed by atoms with Gasteiger partial charge in [0.25, 0.3) is 5.91 Å². The second-order valence-corrected chi connectivity index (χ2v) is 6.70. The Morgan fingerprint density at radius 1 is 1.21 bits per heavy atom. The molecule has 0 N–H and O–H groups in total. The van der Waals surface area contributed by atoms with E-state index in [0.29, 0.717) is 36.9 Å². The van der Waals surface area contributed by atoms with Gasteiger partial charge in [-0.15, -0.1) is 13.2 Å².